The molecular formula is C13H13Cl2FN2O. The summed E-state index contributed by atoms with van der Waals surface area (Å²) in [6.45, 7) is 0. The molecule has 0 spiro atoms. The van der Waals surface area contributed by atoms with Crippen molar-refractivity contribution < 1.29 is 9.13 Å². The number of hydrogen-bond donors (Lipinski definition) is 0. The molecule has 6 heteroatoms. The molecule has 1 saturated carbocycles. The zero-order valence-electron chi connectivity index (χ0n) is 10.4. The van der Waals surface area contributed by atoms with E-state index in [-0.39, 0.29) is 17.2 Å². The number of nitrogens with zero attached hydrogens (tertiary/aromatic N) is 2. The number of ether oxygens (including phenoxy) is 1. The minimum Gasteiger partial charge on any atom is -0.381 e. The first kappa shape index (κ1) is 13.2. The molecule has 0 radical (unpaired) electrons. The van der Waals surface area contributed by atoms with Crippen molar-refractivity contribution in [3.05, 3.63) is 28.8 Å². The van der Waals surface area contributed by atoms with Gasteiger partial charge < -0.3 is 9.30 Å². The second-order valence-corrected chi connectivity index (χ2v) is 5.44. The van der Waals surface area contributed by atoms with E-state index in [1.165, 1.54) is 6.07 Å². The van der Waals surface area contributed by atoms with Gasteiger partial charge in [0.05, 0.1) is 28.0 Å². The predicted molar refractivity (Wildman–Crippen MR) is 73.3 cm³/mol. The van der Waals surface area contributed by atoms with Gasteiger partial charge in [0, 0.05) is 19.2 Å². The minimum absolute atomic E-state index is 0.0849. The SMILES string of the molecule is COC1CC(n2c(CCl)nc3cc(Cl)c(F)cc32)C1. The predicted octanol–water partition coefficient (Wildman–Crippen LogP) is 3.92. The summed E-state index contributed by atoms with van der Waals surface area (Å²) in [5.41, 5.74) is 1.43. The Kier molecular flexibility index (Phi) is 3.41. The zero-order valence-corrected chi connectivity index (χ0v) is 11.9. The quantitative estimate of drug-likeness (QED) is 0.804. The highest BCUT2D eigenvalue weighted by molar-refractivity contribution is 6.31. The lowest BCUT2D eigenvalue weighted by atomic mass is 9.88. The molecule has 0 bridgehead atoms. The van der Waals surface area contributed by atoms with E-state index in [9.17, 15) is 4.39 Å². The van der Waals surface area contributed by atoms with E-state index in [1.54, 1.807) is 13.2 Å². The molecular weight excluding hydrogens is 290 g/mol. The van der Waals surface area contributed by atoms with Crippen LogP contribution in [-0.4, -0.2) is 22.8 Å². The molecule has 1 heterocycles. The fourth-order valence-electron chi connectivity index (χ4n) is 2.58. The molecule has 0 aliphatic heterocycles. The largest absolute Gasteiger partial charge is 0.381 e. The fraction of sp³-hybridized carbons (Fsp3) is 0.462. The molecule has 3 rings (SSSR count). The number of rotatable bonds is 3. The monoisotopic (exact) mass is 302 g/mol. The minimum atomic E-state index is -0.431. The number of aromatic nitrogens is 2. The summed E-state index contributed by atoms with van der Waals surface area (Å²) < 4.78 is 20.9. The number of fused-ring (bicyclic) bond motifs is 1. The van der Waals surface area contributed by atoms with E-state index in [1.807, 2.05) is 4.57 Å². The van der Waals surface area contributed by atoms with Gasteiger partial charge in [-0.1, -0.05) is 11.6 Å². The summed E-state index contributed by atoms with van der Waals surface area (Å²) in [7, 11) is 1.70. The Labute approximate surface area is 120 Å². The Bertz CT molecular complexity index is 623. The van der Waals surface area contributed by atoms with E-state index in [2.05, 4.69) is 4.98 Å². The van der Waals surface area contributed by atoms with Gasteiger partial charge in [0.1, 0.15) is 11.6 Å². The van der Waals surface area contributed by atoms with Gasteiger partial charge in [-0.3, -0.25) is 0 Å². The van der Waals surface area contributed by atoms with Crippen LogP contribution >= 0.6 is 23.2 Å². The first-order valence-corrected chi connectivity index (χ1v) is 7.00. The molecule has 1 aromatic heterocycles. The van der Waals surface area contributed by atoms with Crippen molar-refractivity contribution >= 4 is 34.2 Å². The van der Waals surface area contributed by atoms with E-state index in [0.717, 1.165) is 24.2 Å². The summed E-state index contributed by atoms with van der Waals surface area (Å²) in [6, 6.07) is 3.25. The van der Waals surface area contributed by atoms with Crippen LogP contribution in [0.2, 0.25) is 5.02 Å². The lowest BCUT2D eigenvalue weighted by Gasteiger charge is -2.36. The van der Waals surface area contributed by atoms with Crippen LogP contribution in [0.4, 0.5) is 4.39 Å². The van der Waals surface area contributed by atoms with E-state index in [0.29, 0.717) is 11.4 Å². The molecule has 19 heavy (non-hydrogen) atoms. The summed E-state index contributed by atoms with van der Waals surface area (Å²) in [6.07, 6.45) is 2.06. The molecule has 0 atom stereocenters. The van der Waals surface area contributed by atoms with E-state index >= 15 is 0 Å². The average Bonchev–Trinajstić information content (AvgIpc) is 2.67. The number of alkyl halides is 1. The van der Waals surface area contributed by atoms with Crippen molar-refractivity contribution in [2.45, 2.75) is 30.9 Å². The maximum atomic E-state index is 13.6. The fourth-order valence-corrected chi connectivity index (χ4v) is 2.93. The smallest absolute Gasteiger partial charge is 0.144 e. The van der Waals surface area contributed by atoms with Crippen molar-refractivity contribution in [3.63, 3.8) is 0 Å². The third kappa shape index (κ3) is 2.12. The Morgan fingerprint density at radius 1 is 1.47 bits per heavy atom. The molecule has 0 amide bonds. The number of imidazole rings is 1. The normalized spacial score (nSPS) is 22.7. The average molecular weight is 303 g/mol. The molecule has 0 saturated heterocycles. The van der Waals surface area contributed by atoms with Crippen molar-refractivity contribution in [1.29, 1.82) is 0 Å². The molecule has 0 unspecified atom stereocenters. The second kappa shape index (κ2) is 4.93. The van der Waals surface area contributed by atoms with Crippen LogP contribution in [0.1, 0.15) is 24.7 Å². The highest BCUT2D eigenvalue weighted by atomic mass is 35.5. The number of halogens is 3. The standard InChI is InChI=1S/C13H13Cl2FN2O/c1-19-8-2-7(3-8)18-12-5-10(16)9(15)4-11(12)17-13(18)6-14/h4-5,7-8H,2-3,6H2,1H3. The van der Waals surface area contributed by atoms with Crippen LogP contribution in [0.15, 0.2) is 12.1 Å². The third-order valence-corrected chi connectivity index (χ3v) is 4.22. The van der Waals surface area contributed by atoms with Gasteiger partial charge in [-0.15, -0.1) is 11.6 Å². The van der Waals surface area contributed by atoms with Gasteiger partial charge in [0.2, 0.25) is 0 Å². The van der Waals surface area contributed by atoms with Gasteiger partial charge in [0.15, 0.2) is 0 Å². The van der Waals surface area contributed by atoms with Crippen LogP contribution in [-0.2, 0) is 10.6 Å². The van der Waals surface area contributed by atoms with Crippen molar-refractivity contribution in [1.82, 2.24) is 9.55 Å². The first-order chi connectivity index (χ1) is 9.13. The van der Waals surface area contributed by atoms with Gasteiger partial charge in [-0.05, 0) is 18.9 Å². The van der Waals surface area contributed by atoms with Gasteiger partial charge in [-0.2, -0.15) is 0 Å². The number of methoxy groups -OCH3 is 1. The van der Waals surface area contributed by atoms with Crippen molar-refractivity contribution in [2.75, 3.05) is 7.11 Å². The molecule has 1 fully saturated rings. The van der Waals surface area contributed by atoms with Crippen LogP contribution in [0, 0.1) is 5.82 Å². The summed E-state index contributed by atoms with van der Waals surface area (Å²) in [5.74, 6) is 0.610. The second-order valence-electron chi connectivity index (χ2n) is 4.77. The lowest BCUT2D eigenvalue weighted by Crippen LogP contribution is -2.33. The summed E-state index contributed by atoms with van der Waals surface area (Å²) >= 11 is 11.7. The van der Waals surface area contributed by atoms with Crippen LogP contribution in [0.25, 0.3) is 11.0 Å². The summed E-state index contributed by atoms with van der Waals surface area (Å²) in [5, 5.41) is 0.0849. The highest BCUT2D eigenvalue weighted by Crippen LogP contribution is 2.38. The molecule has 3 nitrogen and oxygen atoms in total. The Morgan fingerprint density at radius 2 is 2.21 bits per heavy atom. The molecule has 1 aliphatic rings. The van der Waals surface area contributed by atoms with Crippen LogP contribution in [0.5, 0.6) is 0 Å². The summed E-state index contributed by atoms with van der Waals surface area (Å²) in [4.78, 5) is 4.43. The van der Waals surface area contributed by atoms with Gasteiger partial charge >= 0.3 is 0 Å². The molecule has 1 aromatic carbocycles. The Morgan fingerprint density at radius 3 is 2.84 bits per heavy atom. The maximum Gasteiger partial charge on any atom is 0.144 e. The van der Waals surface area contributed by atoms with Gasteiger partial charge in [-0.25, -0.2) is 9.37 Å². The number of benzene rings is 1. The topological polar surface area (TPSA) is 27.1 Å². The highest BCUT2D eigenvalue weighted by Gasteiger charge is 2.33. The maximum absolute atomic E-state index is 13.6. The molecule has 2 aromatic rings. The zero-order chi connectivity index (χ0) is 13.6. The lowest BCUT2D eigenvalue weighted by molar-refractivity contribution is 0.00674. The van der Waals surface area contributed by atoms with Gasteiger partial charge in [0.25, 0.3) is 0 Å². The third-order valence-electron chi connectivity index (χ3n) is 3.69. The Hall–Kier alpha value is -0.840. The Balaban J connectivity index is 2.08. The van der Waals surface area contributed by atoms with Crippen molar-refractivity contribution in [2.24, 2.45) is 0 Å². The first-order valence-electron chi connectivity index (χ1n) is 6.08. The van der Waals surface area contributed by atoms with Crippen molar-refractivity contribution in [3.8, 4) is 0 Å². The van der Waals surface area contributed by atoms with E-state index < -0.39 is 5.82 Å². The molecule has 102 valence electrons. The molecule has 1 aliphatic carbocycles. The van der Waals surface area contributed by atoms with E-state index in [4.69, 9.17) is 27.9 Å². The number of hydrogen-bond acceptors (Lipinski definition) is 2. The van der Waals surface area contributed by atoms with Crippen LogP contribution in [0.3, 0.4) is 0 Å². The van der Waals surface area contributed by atoms with Crippen LogP contribution < -0.4 is 0 Å². The molecule has 0 N–H and O–H groups in total.